The molecule has 2 rings (SSSR count). The molecule has 1 aliphatic rings. The predicted molar refractivity (Wildman–Crippen MR) is 69.6 cm³/mol. The van der Waals surface area contributed by atoms with E-state index in [0.717, 1.165) is 5.75 Å². The minimum Gasteiger partial charge on any atom is -0.491 e. The fraction of sp³-hybridized carbons (Fsp3) is 0.333. The summed E-state index contributed by atoms with van der Waals surface area (Å²) >= 11 is 1.33. The zero-order valence-electron chi connectivity index (χ0n) is 9.63. The van der Waals surface area contributed by atoms with E-state index in [1.54, 1.807) is 6.92 Å². The van der Waals surface area contributed by atoms with E-state index in [1.807, 2.05) is 30.3 Å². The van der Waals surface area contributed by atoms with Crippen molar-refractivity contribution in [3.63, 3.8) is 0 Å². The van der Waals surface area contributed by atoms with Crippen molar-refractivity contribution >= 4 is 23.4 Å². The molecule has 17 heavy (non-hydrogen) atoms. The number of benzene rings is 1. The summed E-state index contributed by atoms with van der Waals surface area (Å²) in [6.45, 7) is 2.17. The normalized spacial score (nSPS) is 13.8. The Hall–Kier alpha value is -1.33. The Bertz CT molecular complexity index is 379. The monoisotopic (exact) mass is 253 g/mol. The van der Waals surface area contributed by atoms with Gasteiger partial charge in [0.25, 0.3) is 0 Å². The van der Waals surface area contributed by atoms with Crippen LogP contribution in [0.15, 0.2) is 34.7 Å². The highest BCUT2D eigenvalue weighted by Gasteiger charge is 2.11. The molecule has 1 aliphatic heterocycles. The van der Waals surface area contributed by atoms with Crippen molar-refractivity contribution in [1.29, 1.82) is 0 Å². The molecule has 0 fully saturated rings. The summed E-state index contributed by atoms with van der Waals surface area (Å²) in [5.41, 5.74) is 0.657. The van der Waals surface area contributed by atoms with E-state index in [4.69, 9.17) is 9.84 Å². The van der Waals surface area contributed by atoms with Crippen molar-refractivity contribution in [2.75, 3.05) is 19.0 Å². The van der Waals surface area contributed by atoms with Crippen LogP contribution in [0.4, 0.5) is 0 Å². The van der Waals surface area contributed by atoms with Gasteiger partial charge in [-0.05, 0) is 31.0 Å². The summed E-state index contributed by atoms with van der Waals surface area (Å²) in [7, 11) is 0. The molecule has 92 valence electrons. The quantitative estimate of drug-likeness (QED) is 0.834. The average Bonchev–Trinajstić information content (AvgIpc) is 2.73. The van der Waals surface area contributed by atoms with Crippen molar-refractivity contribution in [2.24, 2.45) is 4.40 Å². The van der Waals surface area contributed by atoms with E-state index >= 15 is 0 Å². The van der Waals surface area contributed by atoms with Crippen LogP contribution in [0.2, 0.25) is 0 Å². The molecule has 1 aromatic carbocycles. The van der Waals surface area contributed by atoms with Crippen molar-refractivity contribution in [3.05, 3.63) is 30.3 Å². The van der Waals surface area contributed by atoms with Crippen molar-refractivity contribution in [2.45, 2.75) is 6.92 Å². The molecule has 1 aromatic rings. The topological polar surface area (TPSA) is 58.9 Å². The zero-order chi connectivity index (χ0) is 12.5. The molecule has 1 N–H and O–H groups in total. The van der Waals surface area contributed by atoms with Gasteiger partial charge in [0.2, 0.25) is 0 Å². The van der Waals surface area contributed by atoms with Gasteiger partial charge in [-0.1, -0.05) is 18.2 Å². The summed E-state index contributed by atoms with van der Waals surface area (Å²) in [6.07, 6.45) is 0. The number of carbonyl (C=O) groups excluding carboxylic acids is 1. The molecule has 0 atom stereocenters. The van der Waals surface area contributed by atoms with Crippen LogP contribution < -0.4 is 4.74 Å². The van der Waals surface area contributed by atoms with E-state index in [-0.39, 0.29) is 12.4 Å². The number of hydrogen-bond acceptors (Lipinski definition) is 5. The molecule has 1 heterocycles. The van der Waals surface area contributed by atoms with Crippen LogP contribution in [-0.2, 0) is 4.79 Å². The Balaban J connectivity index is 0.000000181. The maximum atomic E-state index is 10.4. The van der Waals surface area contributed by atoms with E-state index in [9.17, 15) is 4.79 Å². The summed E-state index contributed by atoms with van der Waals surface area (Å²) in [5, 5.41) is 8.40. The number of ether oxygens (including phenoxy) is 1. The molecule has 0 saturated carbocycles. The molecule has 0 radical (unpaired) electrons. The molecule has 0 bridgehead atoms. The Morgan fingerprint density at radius 3 is 2.53 bits per heavy atom. The number of ketones is 1. The van der Waals surface area contributed by atoms with Crippen LogP contribution in [0.1, 0.15) is 6.92 Å². The maximum absolute atomic E-state index is 10.4. The molecule has 5 heteroatoms. The van der Waals surface area contributed by atoms with Crippen molar-refractivity contribution in [3.8, 4) is 5.75 Å². The van der Waals surface area contributed by atoms with Gasteiger partial charge >= 0.3 is 0 Å². The van der Waals surface area contributed by atoms with Crippen LogP contribution in [0.3, 0.4) is 0 Å². The number of rotatable bonds is 3. The van der Waals surface area contributed by atoms with E-state index in [1.165, 1.54) is 11.9 Å². The van der Waals surface area contributed by atoms with Gasteiger partial charge in [-0.25, -0.2) is 4.40 Å². The zero-order valence-corrected chi connectivity index (χ0v) is 10.4. The summed E-state index contributed by atoms with van der Waals surface area (Å²) in [4.78, 5) is 10.4. The SMILES string of the molecule is CC1=NSCC1=O.OCCOc1ccccc1. The number of para-hydroxylation sites is 1. The van der Waals surface area contributed by atoms with Crippen molar-refractivity contribution in [1.82, 2.24) is 0 Å². The molecule has 0 saturated heterocycles. The smallest absolute Gasteiger partial charge is 0.189 e. The van der Waals surface area contributed by atoms with Crippen LogP contribution in [0, 0.1) is 0 Å². The average molecular weight is 253 g/mol. The van der Waals surface area contributed by atoms with E-state index in [0.29, 0.717) is 18.1 Å². The lowest BCUT2D eigenvalue weighted by molar-refractivity contribution is -0.110. The first-order valence-corrected chi connectivity index (χ1v) is 6.16. The first-order valence-electron chi connectivity index (χ1n) is 5.22. The van der Waals surface area contributed by atoms with Crippen LogP contribution in [0.5, 0.6) is 5.75 Å². The Labute approximate surface area is 105 Å². The molecule has 0 spiro atoms. The maximum Gasteiger partial charge on any atom is 0.189 e. The third-order valence-electron chi connectivity index (χ3n) is 1.90. The minimum absolute atomic E-state index is 0.0644. The number of nitrogens with zero attached hydrogens (tertiary/aromatic N) is 1. The predicted octanol–water partition coefficient (Wildman–Crippen LogP) is 1.74. The van der Waals surface area contributed by atoms with E-state index in [2.05, 4.69) is 4.40 Å². The van der Waals surface area contributed by atoms with Gasteiger partial charge in [0.05, 0.1) is 18.1 Å². The van der Waals surface area contributed by atoms with Crippen LogP contribution in [-0.4, -0.2) is 35.6 Å². The summed E-state index contributed by atoms with van der Waals surface area (Å²) in [6, 6.07) is 9.43. The summed E-state index contributed by atoms with van der Waals surface area (Å²) < 4.78 is 8.91. The van der Waals surface area contributed by atoms with E-state index < -0.39 is 0 Å². The van der Waals surface area contributed by atoms with Gasteiger partial charge in [0.15, 0.2) is 5.78 Å². The summed E-state index contributed by atoms with van der Waals surface area (Å²) in [5.74, 6) is 1.52. The lowest BCUT2D eigenvalue weighted by atomic mass is 10.3. The third kappa shape index (κ3) is 5.51. The van der Waals surface area contributed by atoms with Crippen molar-refractivity contribution < 1.29 is 14.6 Å². The second-order valence-electron chi connectivity index (χ2n) is 3.26. The second-order valence-corrected chi connectivity index (χ2v) is 3.99. The number of aliphatic hydroxyl groups is 1. The molecule has 4 nitrogen and oxygen atoms in total. The second kappa shape index (κ2) is 7.86. The fourth-order valence-electron chi connectivity index (χ4n) is 1.02. The van der Waals surface area contributed by atoms with Gasteiger partial charge in [-0.3, -0.25) is 4.79 Å². The number of Topliss-reactive ketones (excluding diaryl/α,β-unsaturated/α-hetero) is 1. The largest absolute Gasteiger partial charge is 0.491 e. The molecular weight excluding hydrogens is 238 g/mol. The standard InChI is InChI=1S/C8H10O2.C4H5NOS/c9-6-7-10-8-4-2-1-3-5-8;1-3-4(6)2-7-5-3/h1-5,9H,6-7H2;2H2,1H3. The number of hydrogen-bond donors (Lipinski definition) is 1. The first-order chi connectivity index (χ1) is 8.24. The van der Waals surface area contributed by atoms with Gasteiger partial charge in [0.1, 0.15) is 12.4 Å². The van der Waals surface area contributed by atoms with Gasteiger partial charge < -0.3 is 9.84 Å². The molecule has 0 amide bonds. The Kier molecular flexibility index (Phi) is 6.35. The van der Waals surface area contributed by atoms with Crippen LogP contribution in [0.25, 0.3) is 0 Å². The highest BCUT2D eigenvalue weighted by Crippen LogP contribution is 2.10. The van der Waals surface area contributed by atoms with Crippen LogP contribution >= 0.6 is 11.9 Å². The lowest BCUT2D eigenvalue weighted by Gasteiger charge is -2.01. The van der Waals surface area contributed by atoms with Gasteiger partial charge in [-0.2, -0.15) is 0 Å². The number of aliphatic hydroxyl groups excluding tert-OH is 1. The fourth-order valence-corrected chi connectivity index (χ4v) is 1.71. The minimum atomic E-state index is 0.0644. The lowest BCUT2D eigenvalue weighted by Crippen LogP contribution is -2.04. The Morgan fingerprint density at radius 1 is 1.41 bits per heavy atom. The molecule has 0 aromatic heterocycles. The first kappa shape index (κ1) is 13.7. The number of carbonyl (C=O) groups is 1. The molecule has 0 aliphatic carbocycles. The van der Waals surface area contributed by atoms with Gasteiger partial charge in [-0.15, -0.1) is 0 Å². The molecular formula is C12H15NO3S. The Morgan fingerprint density at radius 2 is 2.12 bits per heavy atom. The highest BCUT2D eigenvalue weighted by molar-refractivity contribution is 7.99. The highest BCUT2D eigenvalue weighted by atomic mass is 32.2. The molecule has 0 unspecified atom stereocenters. The third-order valence-corrected chi connectivity index (χ3v) is 2.70. The van der Waals surface area contributed by atoms with Gasteiger partial charge in [0, 0.05) is 0 Å².